The maximum Gasteiger partial charge on any atom is 0.407 e. The monoisotopic (exact) mass is 488 g/mol. The van der Waals surface area contributed by atoms with Crippen molar-refractivity contribution in [1.29, 1.82) is 0 Å². The summed E-state index contributed by atoms with van der Waals surface area (Å²) in [5.74, 6) is -1.00. The lowest BCUT2D eigenvalue weighted by atomic mass is 10.1. The molecule has 10 nitrogen and oxygen atoms in total. The second-order valence-electron chi connectivity index (χ2n) is 8.04. The van der Waals surface area contributed by atoms with Gasteiger partial charge in [-0.1, -0.05) is 39.5 Å². The number of carbonyl (C=O) groups excluding carboxylic acids is 2. The Labute approximate surface area is 199 Å². The van der Waals surface area contributed by atoms with Crippen LogP contribution in [-0.2, 0) is 11.3 Å². The summed E-state index contributed by atoms with van der Waals surface area (Å²) in [6, 6.07) is 13.0. The lowest BCUT2D eigenvalue weighted by Gasteiger charge is -2.19. The Balaban J connectivity index is 1.63. The van der Waals surface area contributed by atoms with Gasteiger partial charge in [0.1, 0.15) is 5.60 Å². The van der Waals surface area contributed by atoms with Gasteiger partial charge in [-0.2, -0.15) is 0 Å². The number of halogens is 2. The lowest BCUT2D eigenvalue weighted by Crippen LogP contribution is -2.32. The zero-order chi connectivity index (χ0) is 24.7. The van der Waals surface area contributed by atoms with Crippen LogP contribution < -0.4 is 16.0 Å². The molecule has 0 fully saturated rings. The lowest BCUT2D eigenvalue weighted by molar-refractivity contribution is 0.0523. The number of benzene rings is 2. The second kappa shape index (κ2) is 10.8. The molecule has 3 N–H and O–H groups in total. The highest BCUT2D eigenvalue weighted by molar-refractivity contribution is 6.31. The summed E-state index contributed by atoms with van der Waals surface area (Å²) in [5.41, 5.74) is 0.742. The molecule has 0 unspecified atom stereocenters. The number of hydrogen-bond donors (Lipinski definition) is 3. The van der Waals surface area contributed by atoms with Crippen LogP contribution in [-0.4, -0.2) is 33.8 Å². The average Bonchev–Trinajstić information content (AvgIpc) is 3.23. The van der Waals surface area contributed by atoms with Crippen LogP contribution in [0.15, 0.2) is 58.4 Å². The molecular weight excluding hydrogens is 467 g/mol. The summed E-state index contributed by atoms with van der Waals surface area (Å²) in [4.78, 5) is 24.4. The highest BCUT2D eigenvalue weighted by atomic mass is 35.5. The molecule has 3 rings (SSSR count). The number of aromatic nitrogens is 2. The molecule has 0 atom stereocenters. The van der Waals surface area contributed by atoms with Crippen LogP contribution in [0, 0.1) is 0 Å². The first-order chi connectivity index (χ1) is 16.1. The second-order valence-corrected chi connectivity index (χ2v) is 8.47. The molecule has 2 aromatic carbocycles. The van der Waals surface area contributed by atoms with E-state index in [4.69, 9.17) is 16.3 Å². The molecule has 0 aliphatic carbocycles. The summed E-state index contributed by atoms with van der Waals surface area (Å²) in [7, 11) is 0. The Kier molecular flexibility index (Phi) is 7.79. The Hall–Kier alpha value is -3.99. The minimum Gasteiger partial charge on any atom is -0.444 e. The smallest absolute Gasteiger partial charge is 0.407 e. The number of carbonyl (C=O) groups is 2. The first kappa shape index (κ1) is 24.6. The molecule has 0 aliphatic rings. The zero-order valence-electron chi connectivity index (χ0n) is 18.6. The van der Waals surface area contributed by atoms with Crippen molar-refractivity contribution in [2.24, 2.45) is 5.21 Å². The van der Waals surface area contributed by atoms with Crippen molar-refractivity contribution in [3.05, 3.63) is 70.4 Å². The van der Waals surface area contributed by atoms with E-state index in [0.717, 1.165) is 5.56 Å². The number of amides is 2. The Morgan fingerprint density at radius 1 is 1.12 bits per heavy atom. The summed E-state index contributed by atoms with van der Waals surface area (Å²) in [5, 5.41) is 18.2. The Morgan fingerprint density at radius 3 is 2.50 bits per heavy atom. The van der Waals surface area contributed by atoms with Crippen LogP contribution in [0.4, 0.5) is 20.8 Å². The number of nitrogens with zero attached hydrogens (tertiary/aromatic N) is 3. The van der Waals surface area contributed by atoms with E-state index in [2.05, 4.69) is 36.1 Å². The van der Waals surface area contributed by atoms with Gasteiger partial charge >= 0.3 is 6.09 Å². The van der Waals surface area contributed by atoms with Gasteiger partial charge in [-0.3, -0.25) is 4.79 Å². The highest BCUT2D eigenvalue weighted by Gasteiger charge is 2.21. The molecule has 0 saturated carbocycles. The number of anilines is 2. The molecule has 3 aromatic rings. The third kappa shape index (κ3) is 7.01. The van der Waals surface area contributed by atoms with E-state index in [1.54, 1.807) is 69.3 Å². The standard InChI is InChI=1S/C22H22ClFN6O4/c1-22(2,3)33-21(32)25-12-13-7-9-14(10-8-13)20(31)27-19-17(29-34-30-19)18(28-24)26-16-6-4-5-15(23)11-16/h4-11H,12H2,1-3H3,(H,25,32)(H,26,28)(H,27,30,31). The number of ether oxygens (including phenoxy) is 1. The van der Waals surface area contributed by atoms with Crippen LogP contribution in [0.1, 0.15) is 42.4 Å². The highest BCUT2D eigenvalue weighted by Crippen LogP contribution is 2.19. The molecule has 12 heteroatoms. The van der Waals surface area contributed by atoms with E-state index in [1.807, 2.05) is 0 Å². The molecule has 1 heterocycles. The quantitative estimate of drug-likeness (QED) is 0.337. The fraction of sp³-hybridized carbons (Fsp3) is 0.227. The van der Waals surface area contributed by atoms with Crippen molar-refractivity contribution in [3.8, 4) is 0 Å². The summed E-state index contributed by atoms with van der Waals surface area (Å²) >= 11 is 5.93. The summed E-state index contributed by atoms with van der Waals surface area (Å²) < 4.78 is 23.2. The number of alkyl carbamates (subject to hydrolysis) is 1. The normalized spacial score (nSPS) is 11.6. The predicted octanol–water partition coefficient (Wildman–Crippen LogP) is 4.74. The fourth-order valence-corrected chi connectivity index (χ4v) is 2.88. The molecule has 0 saturated heterocycles. The Bertz CT molecular complexity index is 1190. The predicted molar refractivity (Wildman–Crippen MR) is 124 cm³/mol. The van der Waals surface area contributed by atoms with Gasteiger partial charge in [0.15, 0.2) is 11.5 Å². The van der Waals surface area contributed by atoms with Gasteiger partial charge in [0.25, 0.3) is 5.91 Å². The van der Waals surface area contributed by atoms with Crippen molar-refractivity contribution >= 4 is 40.9 Å². The van der Waals surface area contributed by atoms with E-state index < -0.39 is 17.6 Å². The minimum atomic E-state index is -0.600. The molecule has 0 spiro atoms. The average molecular weight is 489 g/mol. The van der Waals surface area contributed by atoms with Crippen molar-refractivity contribution in [1.82, 2.24) is 15.6 Å². The van der Waals surface area contributed by atoms with E-state index >= 15 is 0 Å². The minimum absolute atomic E-state index is 0.133. The van der Waals surface area contributed by atoms with Crippen LogP contribution in [0.3, 0.4) is 0 Å². The SMILES string of the molecule is CC(C)(C)OC(=O)NCc1ccc(C(=O)Nc2nonc2C(=NF)Nc2cccc(Cl)c2)cc1. The summed E-state index contributed by atoms with van der Waals surface area (Å²) in [6.07, 6.45) is -0.544. The number of amidine groups is 1. The van der Waals surface area contributed by atoms with E-state index in [0.29, 0.717) is 10.7 Å². The van der Waals surface area contributed by atoms with Crippen molar-refractivity contribution in [2.75, 3.05) is 10.6 Å². The molecule has 0 bridgehead atoms. The molecular formula is C22H22ClFN6O4. The van der Waals surface area contributed by atoms with Crippen LogP contribution in [0.2, 0.25) is 5.02 Å². The molecule has 2 amide bonds. The third-order valence-electron chi connectivity index (χ3n) is 4.17. The van der Waals surface area contributed by atoms with Gasteiger partial charge in [-0.25, -0.2) is 9.42 Å². The number of nitrogens with one attached hydrogen (secondary N) is 3. The number of hydrogen-bond acceptors (Lipinski definition) is 7. The van der Waals surface area contributed by atoms with Crippen molar-refractivity contribution in [2.45, 2.75) is 32.9 Å². The van der Waals surface area contributed by atoms with E-state index in [1.165, 1.54) is 0 Å². The van der Waals surface area contributed by atoms with Gasteiger partial charge in [0, 0.05) is 22.8 Å². The van der Waals surface area contributed by atoms with Crippen LogP contribution in [0.25, 0.3) is 0 Å². The Morgan fingerprint density at radius 2 is 1.85 bits per heavy atom. The van der Waals surface area contributed by atoms with Gasteiger partial charge in [-0.05, 0) is 67.0 Å². The van der Waals surface area contributed by atoms with Crippen molar-refractivity contribution < 1.29 is 23.4 Å². The van der Waals surface area contributed by atoms with E-state index in [-0.39, 0.29) is 29.5 Å². The zero-order valence-corrected chi connectivity index (χ0v) is 19.3. The largest absolute Gasteiger partial charge is 0.444 e. The molecule has 0 radical (unpaired) electrons. The van der Waals surface area contributed by atoms with Gasteiger partial charge < -0.3 is 20.7 Å². The first-order valence-corrected chi connectivity index (χ1v) is 10.4. The van der Waals surface area contributed by atoms with Crippen LogP contribution >= 0.6 is 11.6 Å². The van der Waals surface area contributed by atoms with Gasteiger partial charge in [-0.15, -0.1) is 0 Å². The van der Waals surface area contributed by atoms with Crippen LogP contribution in [0.5, 0.6) is 0 Å². The molecule has 1 aromatic heterocycles. The first-order valence-electron chi connectivity index (χ1n) is 10.1. The topological polar surface area (TPSA) is 131 Å². The van der Waals surface area contributed by atoms with Gasteiger partial charge in [0.2, 0.25) is 5.82 Å². The molecule has 34 heavy (non-hydrogen) atoms. The van der Waals surface area contributed by atoms with Crippen molar-refractivity contribution in [3.63, 3.8) is 0 Å². The van der Waals surface area contributed by atoms with Gasteiger partial charge in [0.05, 0.1) is 0 Å². The maximum absolute atomic E-state index is 13.3. The summed E-state index contributed by atoms with van der Waals surface area (Å²) in [6.45, 7) is 5.53. The molecule has 178 valence electrons. The molecule has 0 aliphatic heterocycles. The third-order valence-corrected chi connectivity index (χ3v) is 4.40. The van der Waals surface area contributed by atoms with E-state index in [9.17, 15) is 14.1 Å². The maximum atomic E-state index is 13.3. The fourth-order valence-electron chi connectivity index (χ4n) is 2.69. The number of rotatable bonds is 6.